The standard InChI is InChI=1S/C14H22N2O4/c1-9(2)16-12(17)7-8-15-13(18)10-5-3-4-6-11(10)14(19)20/h3-4,9-11H,5-8H2,1-2H3,(H,15,18)(H,16,17)(H,19,20). The van der Waals surface area contributed by atoms with Crippen LogP contribution < -0.4 is 10.6 Å². The molecule has 0 aliphatic heterocycles. The van der Waals surface area contributed by atoms with Crippen molar-refractivity contribution < 1.29 is 19.5 Å². The van der Waals surface area contributed by atoms with E-state index in [0.29, 0.717) is 12.8 Å². The Morgan fingerprint density at radius 3 is 2.35 bits per heavy atom. The molecule has 0 aromatic carbocycles. The summed E-state index contributed by atoms with van der Waals surface area (Å²) in [5.41, 5.74) is 0. The minimum atomic E-state index is -0.952. The highest BCUT2D eigenvalue weighted by atomic mass is 16.4. The lowest BCUT2D eigenvalue weighted by Crippen LogP contribution is -2.40. The zero-order valence-corrected chi connectivity index (χ0v) is 11.9. The fourth-order valence-corrected chi connectivity index (χ4v) is 2.20. The monoisotopic (exact) mass is 282 g/mol. The van der Waals surface area contributed by atoms with Gasteiger partial charge in [0.1, 0.15) is 0 Å². The van der Waals surface area contributed by atoms with Crippen LogP contribution in [0.25, 0.3) is 0 Å². The van der Waals surface area contributed by atoms with Gasteiger partial charge in [-0.2, -0.15) is 0 Å². The third-order valence-corrected chi connectivity index (χ3v) is 3.19. The molecule has 0 fully saturated rings. The number of carbonyl (C=O) groups excluding carboxylic acids is 2. The Kier molecular flexibility index (Phi) is 6.21. The van der Waals surface area contributed by atoms with Gasteiger partial charge in [-0.05, 0) is 26.7 Å². The number of carboxylic acids is 1. The van der Waals surface area contributed by atoms with Crippen molar-refractivity contribution in [1.82, 2.24) is 10.6 Å². The molecule has 0 spiro atoms. The highest BCUT2D eigenvalue weighted by molar-refractivity contribution is 5.85. The minimum absolute atomic E-state index is 0.0677. The van der Waals surface area contributed by atoms with Gasteiger partial charge in [-0.15, -0.1) is 0 Å². The van der Waals surface area contributed by atoms with E-state index in [-0.39, 0.29) is 30.8 Å². The molecule has 6 nitrogen and oxygen atoms in total. The molecule has 1 aliphatic rings. The zero-order valence-electron chi connectivity index (χ0n) is 11.9. The van der Waals surface area contributed by atoms with E-state index in [0.717, 1.165) is 0 Å². The molecule has 2 unspecified atom stereocenters. The third kappa shape index (κ3) is 5.03. The maximum absolute atomic E-state index is 12.0. The SMILES string of the molecule is CC(C)NC(=O)CCNC(=O)C1CC=CCC1C(=O)O. The van der Waals surface area contributed by atoms with Gasteiger partial charge >= 0.3 is 5.97 Å². The number of aliphatic carboxylic acids is 1. The Hall–Kier alpha value is -1.85. The normalized spacial score (nSPS) is 21.6. The molecule has 6 heteroatoms. The van der Waals surface area contributed by atoms with Crippen molar-refractivity contribution in [1.29, 1.82) is 0 Å². The van der Waals surface area contributed by atoms with Crippen LogP contribution in [0.1, 0.15) is 33.1 Å². The van der Waals surface area contributed by atoms with E-state index >= 15 is 0 Å². The van der Waals surface area contributed by atoms with Gasteiger partial charge < -0.3 is 15.7 Å². The molecule has 0 saturated heterocycles. The van der Waals surface area contributed by atoms with Crippen LogP contribution in [0.15, 0.2) is 12.2 Å². The van der Waals surface area contributed by atoms with E-state index in [1.165, 1.54) is 0 Å². The first kappa shape index (κ1) is 16.2. The smallest absolute Gasteiger partial charge is 0.307 e. The van der Waals surface area contributed by atoms with E-state index in [2.05, 4.69) is 10.6 Å². The summed E-state index contributed by atoms with van der Waals surface area (Å²) in [6.07, 6.45) is 4.63. The second-order valence-electron chi connectivity index (χ2n) is 5.26. The van der Waals surface area contributed by atoms with E-state index in [4.69, 9.17) is 5.11 Å². The van der Waals surface area contributed by atoms with Gasteiger partial charge in [-0.1, -0.05) is 12.2 Å². The Bertz CT molecular complexity index is 404. The second-order valence-corrected chi connectivity index (χ2v) is 5.26. The molecule has 0 heterocycles. The fourth-order valence-electron chi connectivity index (χ4n) is 2.20. The number of hydrogen-bond acceptors (Lipinski definition) is 3. The predicted molar refractivity (Wildman–Crippen MR) is 73.9 cm³/mol. The lowest BCUT2D eigenvalue weighted by Gasteiger charge is -2.24. The number of carbonyl (C=O) groups is 3. The van der Waals surface area contributed by atoms with Crippen LogP contribution in [-0.2, 0) is 14.4 Å². The van der Waals surface area contributed by atoms with Gasteiger partial charge in [0.2, 0.25) is 11.8 Å². The first-order chi connectivity index (χ1) is 9.41. The van der Waals surface area contributed by atoms with Crippen LogP contribution in [-0.4, -0.2) is 35.5 Å². The molecule has 20 heavy (non-hydrogen) atoms. The van der Waals surface area contributed by atoms with Crippen molar-refractivity contribution in [3.63, 3.8) is 0 Å². The lowest BCUT2D eigenvalue weighted by atomic mass is 9.82. The molecule has 3 N–H and O–H groups in total. The van der Waals surface area contributed by atoms with Crippen molar-refractivity contribution in [2.45, 2.75) is 39.2 Å². The Morgan fingerprint density at radius 2 is 1.80 bits per heavy atom. The summed E-state index contributed by atoms with van der Waals surface area (Å²) in [5.74, 6) is -2.60. The second kappa shape index (κ2) is 7.67. The van der Waals surface area contributed by atoms with Crippen molar-refractivity contribution in [3.05, 3.63) is 12.2 Å². The molecular formula is C14H22N2O4. The third-order valence-electron chi connectivity index (χ3n) is 3.19. The highest BCUT2D eigenvalue weighted by Gasteiger charge is 2.33. The topological polar surface area (TPSA) is 95.5 Å². The first-order valence-corrected chi connectivity index (χ1v) is 6.86. The van der Waals surface area contributed by atoms with Gasteiger partial charge in [-0.3, -0.25) is 14.4 Å². The molecule has 0 radical (unpaired) electrons. The largest absolute Gasteiger partial charge is 0.481 e. The van der Waals surface area contributed by atoms with Crippen molar-refractivity contribution in [2.24, 2.45) is 11.8 Å². The molecule has 1 aliphatic carbocycles. The van der Waals surface area contributed by atoms with Crippen LogP contribution in [0.4, 0.5) is 0 Å². The van der Waals surface area contributed by atoms with Crippen LogP contribution in [0.3, 0.4) is 0 Å². The molecule has 0 saturated carbocycles. The van der Waals surface area contributed by atoms with Gasteiger partial charge in [-0.25, -0.2) is 0 Å². The molecule has 1 rings (SSSR count). The van der Waals surface area contributed by atoms with Crippen LogP contribution in [0, 0.1) is 11.8 Å². The number of amides is 2. The fraction of sp³-hybridized carbons (Fsp3) is 0.643. The maximum Gasteiger partial charge on any atom is 0.307 e. The quantitative estimate of drug-likeness (QED) is 0.624. The van der Waals surface area contributed by atoms with Crippen molar-refractivity contribution in [2.75, 3.05) is 6.54 Å². The molecule has 0 aromatic heterocycles. The predicted octanol–water partition coefficient (Wildman–Crippen LogP) is 0.684. The average molecular weight is 282 g/mol. The highest BCUT2D eigenvalue weighted by Crippen LogP contribution is 2.25. The summed E-state index contributed by atoms with van der Waals surface area (Å²) in [4.78, 5) is 34.5. The van der Waals surface area contributed by atoms with Gasteiger partial charge in [0.05, 0.1) is 11.8 Å². The van der Waals surface area contributed by atoms with Gasteiger partial charge in [0.25, 0.3) is 0 Å². The van der Waals surface area contributed by atoms with Crippen molar-refractivity contribution >= 4 is 17.8 Å². The number of rotatable bonds is 6. The van der Waals surface area contributed by atoms with Crippen LogP contribution in [0.2, 0.25) is 0 Å². The Morgan fingerprint density at radius 1 is 1.20 bits per heavy atom. The van der Waals surface area contributed by atoms with E-state index in [9.17, 15) is 14.4 Å². The average Bonchev–Trinajstić information content (AvgIpc) is 2.37. The summed E-state index contributed by atoms with van der Waals surface area (Å²) in [5, 5.41) is 14.5. The maximum atomic E-state index is 12.0. The van der Waals surface area contributed by atoms with Crippen molar-refractivity contribution in [3.8, 4) is 0 Å². The van der Waals surface area contributed by atoms with Gasteiger partial charge in [0.15, 0.2) is 0 Å². The van der Waals surface area contributed by atoms with E-state index < -0.39 is 17.8 Å². The number of carboxylic acid groups (broad SMARTS) is 1. The minimum Gasteiger partial charge on any atom is -0.481 e. The number of nitrogens with one attached hydrogen (secondary N) is 2. The summed E-state index contributed by atoms with van der Waals surface area (Å²) >= 11 is 0. The number of allylic oxidation sites excluding steroid dienone is 2. The van der Waals surface area contributed by atoms with Crippen LogP contribution in [0.5, 0.6) is 0 Å². The molecule has 0 bridgehead atoms. The summed E-state index contributed by atoms with van der Waals surface area (Å²) in [6, 6.07) is 0.0677. The zero-order chi connectivity index (χ0) is 15.1. The summed E-state index contributed by atoms with van der Waals surface area (Å²) < 4.78 is 0. The first-order valence-electron chi connectivity index (χ1n) is 6.86. The Balaban J connectivity index is 2.40. The lowest BCUT2D eigenvalue weighted by molar-refractivity contribution is -0.147. The Labute approximate surface area is 118 Å². The van der Waals surface area contributed by atoms with Gasteiger partial charge in [0, 0.05) is 19.0 Å². The summed E-state index contributed by atoms with van der Waals surface area (Å²) in [7, 11) is 0. The number of hydrogen-bond donors (Lipinski definition) is 3. The molecule has 2 atom stereocenters. The molecule has 2 amide bonds. The van der Waals surface area contributed by atoms with E-state index in [1.807, 2.05) is 19.9 Å². The molecule has 0 aromatic rings. The molecule has 112 valence electrons. The summed E-state index contributed by atoms with van der Waals surface area (Å²) in [6.45, 7) is 3.95. The van der Waals surface area contributed by atoms with E-state index in [1.54, 1.807) is 6.08 Å². The molecular weight excluding hydrogens is 260 g/mol. The van der Waals surface area contributed by atoms with Crippen LogP contribution >= 0.6 is 0 Å².